The van der Waals surface area contributed by atoms with Crippen LogP contribution in [0.2, 0.25) is 0 Å². The topological polar surface area (TPSA) is 34.1 Å². The molecule has 0 saturated heterocycles. The molecular formula is C17H22N2OS. The molecular weight excluding hydrogens is 280 g/mol. The van der Waals surface area contributed by atoms with E-state index >= 15 is 0 Å². The van der Waals surface area contributed by atoms with Crippen molar-refractivity contribution in [3.8, 4) is 5.75 Å². The standard InChI is InChI=1S/C17H22N2OS/c1-2-3-13-4-8-16(9-5-13)20-11-15-12-21-17(19-15)10-18-14-6-7-14/h4-5,8-9,12,14,18H,2-3,6-7,10-11H2,1H3. The molecule has 1 N–H and O–H groups in total. The van der Waals surface area contributed by atoms with Gasteiger partial charge in [-0.05, 0) is 37.0 Å². The monoisotopic (exact) mass is 302 g/mol. The first-order chi connectivity index (χ1) is 10.3. The van der Waals surface area contributed by atoms with Gasteiger partial charge < -0.3 is 10.1 Å². The molecule has 1 aliphatic rings. The number of rotatable bonds is 8. The molecule has 0 amide bonds. The molecule has 1 aliphatic carbocycles. The Hall–Kier alpha value is -1.39. The van der Waals surface area contributed by atoms with Crippen LogP contribution < -0.4 is 10.1 Å². The fourth-order valence-corrected chi connectivity index (χ4v) is 2.94. The van der Waals surface area contributed by atoms with Gasteiger partial charge in [-0.2, -0.15) is 0 Å². The van der Waals surface area contributed by atoms with Crippen molar-refractivity contribution in [2.75, 3.05) is 0 Å². The van der Waals surface area contributed by atoms with E-state index in [4.69, 9.17) is 4.74 Å². The van der Waals surface area contributed by atoms with Gasteiger partial charge >= 0.3 is 0 Å². The van der Waals surface area contributed by atoms with Crippen molar-refractivity contribution in [2.24, 2.45) is 0 Å². The minimum absolute atomic E-state index is 0.549. The summed E-state index contributed by atoms with van der Waals surface area (Å²) in [5, 5.41) is 6.73. The molecule has 1 saturated carbocycles. The summed E-state index contributed by atoms with van der Waals surface area (Å²) in [5.74, 6) is 0.917. The van der Waals surface area contributed by atoms with Gasteiger partial charge in [0.05, 0.1) is 5.69 Å². The van der Waals surface area contributed by atoms with Crippen LogP contribution in [0, 0.1) is 0 Å². The zero-order valence-electron chi connectivity index (χ0n) is 12.5. The highest BCUT2D eigenvalue weighted by Crippen LogP contribution is 2.20. The molecule has 3 nitrogen and oxygen atoms in total. The van der Waals surface area contributed by atoms with Gasteiger partial charge in [-0.25, -0.2) is 4.98 Å². The van der Waals surface area contributed by atoms with E-state index in [-0.39, 0.29) is 0 Å². The molecule has 21 heavy (non-hydrogen) atoms. The van der Waals surface area contributed by atoms with Gasteiger partial charge in [0.2, 0.25) is 0 Å². The number of nitrogens with zero attached hydrogens (tertiary/aromatic N) is 1. The molecule has 1 fully saturated rings. The molecule has 1 heterocycles. The van der Waals surface area contributed by atoms with E-state index in [0.29, 0.717) is 6.61 Å². The third kappa shape index (κ3) is 4.55. The van der Waals surface area contributed by atoms with Gasteiger partial charge in [0, 0.05) is 18.0 Å². The lowest BCUT2D eigenvalue weighted by atomic mass is 10.1. The van der Waals surface area contributed by atoms with E-state index in [0.717, 1.165) is 35.5 Å². The first-order valence-corrected chi connectivity index (χ1v) is 8.60. The predicted octanol–water partition coefficient (Wildman–Crippen LogP) is 3.93. The Morgan fingerprint density at radius 2 is 2.10 bits per heavy atom. The molecule has 0 aliphatic heterocycles. The number of hydrogen-bond donors (Lipinski definition) is 1. The molecule has 1 aromatic heterocycles. The molecule has 1 aromatic carbocycles. The van der Waals surface area contributed by atoms with Gasteiger partial charge in [-0.1, -0.05) is 25.5 Å². The van der Waals surface area contributed by atoms with Crippen molar-refractivity contribution in [3.05, 3.63) is 45.9 Å². The minimum atomic E-state index is 0.549. The van der Waals surface area contributed by atoms with E-state index < -0.39 is 0 Å². The predicted molar refractivity (Wildman–Crippen MR) is 86.7 cm³/mol. The van der Waals surface area contributed by atoms with Gasteiger partial charge in [0.1, 0.15) is 17.4 Å². The summed E-state index contributed by atoms with van der Waals surface area (Å²) in [5.41, 5.74) is 2.39. The smallest absolute Gasteiger partial charge is 0.131 e. The van der Waals surface area contributed by atoms with Crippen molar-refractivity contribution in [1.82, 2.24) is 10.3 Å². The first kappa shape index (κ1) is 14.5. The summed E-state index contributed by atoms with van der Waals surface area (Å²) in [6.07, 6.45) is 4.94. The van der Waals surface area contributed by atoms with E-state index in [1.807, 2.05) is 12.1 Å². The van der Waals surface area contributed by atoms with Crippen molar-refractivity contribution < 1.29 is 4.74 Å². The average Bonchev–Trinajstić information content (AvgIpc) is 3.23. The highest BCUT2D eigenvalue weighted by Gasteiger charge is 2.20. The zero-order chi connectivity index (χ0) is 14.5. The number of hydrogen-bond acceptors (Lipinski definition) is 4. The highest BCUT2D eigenvalue weighted by molar-refractivity contribution is 7.09. The molecule has 2 aromatic rings. The summed E-state index contributed by atoms with van der Waals surface area (Å²) in [6.45, 7) is 3.64. The van der Waals surface area contributed by atoms with Crippen LogP contribution in [0.1, 0.15) is 42.5 Å². The Kier molecular flexibility index (Phi) is 4.88. The second-order valence-electron chi connectivity index (χ2n) is 5.57. The van der Waals surface area contributed by atoms with E-state index in [2.05, 4.69) is 34.7 Å². The highest BCUT2D eigenvalue weighted by atomic mass is 32.1. The lowest BCUT2D eigenvalue weighted by molar-refractivity contribution is 0.301. The Bertz CT molecular complexity index is 560. The second-order valence-corrected chi connectivity index (χ2v) is 6.51. The van der Waals surface area contributed by atoms with Gasteiger partial charge in [-0.15, -0.1) is 11.3 Å². The molecule has 3 rings (SSSR count). The van der Waals surface area contributed by atoms with Crippen molar-refractivity contribution >= 4 is 11.3 Å². The van der Waals surface area contributed by atoms with Crippen LogP contribution in [-0.2, 0) is 19.6 Å². The zero-order valence-corrected chi connectivity index (χ0v) is 13.3. The van der Waals surface area contributed by atoms with Crippen molar-refractivity contribution in [2.45, 2.75) is 51.8 Å². The number of aromatic nitrogens is 1. The molecule has 112 valence electrons. The van der Waals surface area contributed by atoms with Crippen LogP contribution in [0.25, 0.3) is 0 Å². The van der Waals surface area contributed by atoms with Crippen LogP contribution in [0.4, 0.5) is 0 Å². The minimum Gasteiger partial charge on any atom is -0.487 e. The van der Waals surface area contributed by atoms with E-state index in [1.54, 1.807) is 11.3 Å². The van der Waals surface area contributed by atoms with Crippen LogP contribution in [0.3, 0.4) is 0 Å². The molecule has 0 atom stereocenters. The normalized spacial score (nSPS) is 14.3. The third-order valence-electron chi connectivity index (χ3n) is 3.57. The van der Waals surface area contributed by atoms with Crippen molar-refractivity contribution in [3.63, 3.8) is 0 Å². The number of ether oxygens (including phenoxy) is 1. The summed E-state index contributed by atoms with van der Waals surface area (Å²) in [6, 6.07) is 9.12. The molecule has 0 radical (unpaired) electrons. The van der Waals surface area contributed by atoms with Crippen LogP contribution >= 0.6 is 11.3 Å². The third-order valence-corrected chi connectivity index (χ3v) is 4.46. The van der Waals surface area contributed by atoms with Gasteiger partial charge in [0.25, 0.3) is 0 Å². The maximum absolute atomic E-state index is 5.80. The first-order valence-electron chi connectivity index (χ1n) is 7.72. The second kappa shape index (κ2) is 7.05. The molecule has 0 bridgehead atoms. The molecule has 0 unspecified atom stereocenters. The Labute approximate surface area is 130 Å². The Morgan fingerprint density at radius 1 is 1.29 bits per heavy atom. The number of thiazole rings is 1. The van der Waals surface area contributed by atoms with Gasteiger partial charge in [-0.3, -0.25) is 0 Å². The number of benzene rings is 1. The van der Waals surface area contributed by atoms with E-state index in [9.17, 15) is 0 Å². The van der Waals surface area contributed by atoms with Crippen molar-refractivity contribution in [1.29, 1.82) is 0 Å². The maximum atomic E-state index is 5.80. The fourth-order valence-electron chi connectivity index (χ4n) is 2.21. The summed E-state index contributed by atoms with van der Waals surface area (Å²) >= 11 is 1.71. The van der Waals surface area contributed by atoms with E-state index in [1.165, 1.54) is 24.8 Å². The summed E-state index contributed by atoms with van der Waals surface area (Å²) < 4.78 is 5.80. The van der Waals surface area contributed by atoms with Crippen LogP contribution in [0.15, 0.2) is 29.6 Å². The van der Waals surface area contributed by atoms with Crippen LogP contribution in [0.5, 0.6) is 5.75 Å². The number of nitrogens with one attached hydrogen (secondary N) is 1. The largest absolute Gasteiger partial charge is 0.487 e. The van der Waals surface area contributed by atoms with Crippen LogP contribution in [-0.4, -0.2) is 11.0 Å². The SMILES string of the molecule is CCCc1ccc(OCc2csc(CNC3CC3)n2)cc1. The average molecular weight is 302 g/mol. The van der Waals surface area contributed by atoms with Gasteiger partial charge in [0.15, 0.2) is 0 Å². The summed E-state index contributed by atoms with van der Waals surface area (Å²) in [7, 11) is 0. The Morgan fingerprint density at radius 3 is 2.81 bits per heavy atom. The lowest BCUT2D eigenvalue weighted by Gasteiger charge is -2.05. The summed E-state index contributed by atoms with van der Waals surface area (Å²) in [4.78, 5) is 4.60. The Balaban J connectivity index is 1.47. The lowest BCUT2D eigenvalue weighted by Crippen LogP contribution is -2.15. The number of aryl methyl sites for hydroxylation is 1. The molecule has 0 spiro atoms. The quantitative estimate of drug-likeness (QED) is 0.802. The molecule has 4 heteroatoms. The fraction of sp³-hybridized carbons (Fsp3) is 0.471. The maximum Gasteiger partial charge on any atom is 0.131 e.